The van der Waals surface area contributed by atoms with Gasteiger partial charge in [0, 0.05) is 7.05 Å². The molecule has 1 rings (SSSR count). The van der Waals surface area contributed by atoms with Crippen LogP contribution in [-0.2, 0) is 16.9 Å². The van der Waals surface area contributed by atoms with Crippen molar-refractivity contribution in [3.8, 4) is 6.07 Å². The number of aromatic nitrogens is 2. The van der Waals surface area contributed by atoms with Gasteiger partial charge in [0.2, 0.25) is 0 Å². The van der Waals surface area contributed by atoms with Gasteiger partial charge in [0.15, 0.2) is 9.84 Å². The molecule has 13 heavy (non-hydrogen) atoms. The second kappa shape index (κ2) is 3.18. The molecule has 0 fully saturated rings. The van der Waals surface area contributed by atoms with Gasteiger partial charge < -0.3 is 0 Å². The molecular formula is C7H9N3O2S. The van der Waals surface area contributed by atoms with Crippen LogP contribution in [0.4, 0.5) is 0 Å². The minimum atomic E-state index is -3.46. The average Bonchev–Trinajstić information content (AvgIpc) is 2.33. The van der Waals surface area contributed by atoms with Crippen LogP contribution in [0, 0.1) is 18.3 Å². The van der Waals surface area contributed by atoms with Crippen LogP contribution in [-0.4, -0.2) is 24.0 Å². The molecule has 5 nitrogen and oxygen atoms in total. The Morgan fingerprint density at radius 1 is 1.69 bits per heavy atom. The van der Waals surface area contributed by atoms with Gasteiger partial charge >= 0.3 is 0 Å². The predicted octanol–water partition coefficient (Wildman–Crippen LogP) is 0.0258. The maximum Gasteiger partial charge on any atom is 0.195 e. The lowest BCUT2D eigenvalue weighted by Gasteiger charge is -1.97. The van der Waals surface area contributed by atoms with Gasteiger partial charge in [0.1, 0.15) is 10.6 Å². The van der Waals surface area contributed by atoms with E-state index in [0.717, 1.165) is 0 Å². The summed E-state index contributed by atoms with van der Waals surface area (Å²) in [4.78, 5) is 0.136. The maximum atomic E-state index is 11.4. The summed E-state index contributed by atoms with van der Waals surface area (Å²) in [5.74, 6) is -0.500. The third-order valence-corrected chi connectivity index (χ3v) is 3.36. The van der Waals surface area contributed by atoms with E-state index in [1.807, 2.05) is 0 Å². The zero-order valence-electron chi connectivity index (χ0n) is 7.35. The fraction of sp³-hybridized carbons (Fsp3) is 0.429. The van der Waals surface area contributed by atoms with Crippen molar-refractivity contribution in [1.82, 2.24) is 9.78 Å². The summed E-state index contributed by atoms with van der Waals surface area (Å²) < 4.78 is 24.2. The molecule has 1 heterocycles. The van der Waals surface area contributed by atoms with Crippen LogP contribution < -0.4 is 0 Å². The molecule has 0 N–H and O–H groups in total. The average molecular weight is 199 g/mol. The van der Waals surface area contributed by atoms with Crippen LogP contribution in [0.25, 0.3) is 0 Å². The fourth-order valence-electron chi connectivity index (χ4n) is 0.947. The predicted molar refractivity (Wildman–Crippen MR) is 45.6 cm³/mol. The van der Waals surface area contributed by atoms with Crippen LogP contribution >= 0.6 is 0 Å². The molecule has 6 heteroatoms. The van der Waals surface area contributed by atoms with Crippen LogP contribution in [0.1, 0.15) is 5.69 Å². The zero-order valence-corrected chi connectivity index (χ0v) is 8.17. The van der Waals surface area contributed by atoms with Gasteiger partial charge in [-0.2, -0.15) is 10.4 Å². The molecule has 0 unspecified atom stereocenters. The lowest BCUT2D eigenvalue weighted by Crippen LogP contribution is -2.06. The summed E-state index contributed by atoms with van der Waals surface area (Å²) in [5, 5.41) is 12.1. The van der Waals surface area contributed by atoms with Gasteiger partial charge in [0.25, 0.3) is 0 Å². The van der Waals surface area contributed by atoms with E-state index < -0.39 is 15.6 Å². The smallest absolute Gasteiger partial charge is 0.195 e. The lowest BCUT2D eigenvalue weighted by atomic mass is 10.5. The second-order valence-corrected chi connectivity index (χ2v) is 4.59. The molecule has 0 radical (unpaired) electrons. The number of hydrogen-bond acceptors (Lipinski definition) is 4. The van der Waals surface area contributed by atoms with E-state index in [4.69, 9.17) is 5.26 Å². The summed E-state index contributed by atoms with van der Waals surface area (Å²) in [6, 6.07) is 1.62. The van der Waals surface area contributed by atoms with Crippen LogP contribution in [0.15, 0.2) is 11.1 Å². The van der Waals surface area contributed by atoms with Crippen molar-refractivity contribution >= 4 is 9.84 Å². The first kappa shape index (κ1) is 9.74. The molecule has 0 spiro atoms. The summed E-state index contributed by atoms with van der Waals surface area (Å²) >= 11 is 0. The molecule has 0 saturated heterocycles. The molecular weight excluding hydrogens is 190 g/mol. The van der Waals surface area contributed by atoms with Gasteiger partial charge in [-0.15, -0.1) is 0 Å². The minimum Gasteiger partial charge on any atom is -0.272 e. The first-order valence-electron chi connectivity index (χ1n) is 3.57. The number of nitriles is 1. The normalized spacial score (nSPS) is 11.2. The third-order valence-electron chi connectivity index (χ3n) is 1.78. The Morgan fingerprint density at radius 3 is 2.69 bits per heavy atom. The van der Waals surface area contributed by atoms with Crippen LogP contribution in [0.2, 0.25) is 0 Å². The molecule has 70 valence electrons. The van der Waals surface area contributed by atoms with Gasteiger partial charge in [-0.3, -0.25) is 4.68 Å². The summed E-state index contributed by atoms with van der Waals surface area (Å²) in [5.41, 5.74) is 0.551. The van der Waals surface area contributed by atoms with Gasteiger partial charge in [-0.1, -0.05) is 0 Å². The van der Waals surface area contributed by atoms with Gasteiger partial charge in [0.05, 0.1) is 18.0 Å². The van der Waals surface area contributed by atoms with Crippen molar-refractivity contribution in [2.24, 2.45) is 7.05 Å². The molecule has 0 atom stereocenters. The van der Waals surface area contributed by atoms with Crippen molar-refractivity contribution in [2.75, 3.05) is 5.75 Å². The SMILES string of the molecule is Cc1c(S(=O)(=O)CC#N)cnn1C. The zero-order chi connectivity index (χ0) is 10.1. The molecule has 0 aliphatic heterocycles. The molecule has 0 bridgehead atoms. The highest BCUT2D eigenvalue weighted by molar-refractivity contribution is 7.91. The maximum absolute atomic E-state index is 11.4. The molecule has 1 aromatic rings. The Labute approximate surface area is 76.5 Å². The first-order chi connectivity index (χ1) is 5.99. The number of nitrogens with zero attached hydrogens (tertiary/aromatic N) is 3. The minimum absolute atomic E-state index is 0.136. The molecule has 0 aliphatic carbocycles. The van der Waals surface area contributed by atoms with Crippen molar-refractivity contribution in [2.45, 2.75) is 11.8 Å². The monoisotopic (exact) mass is 199 g/mol. The van der Waals surface area contributed by atoms with Gasteiger partial charge in [-0.25, -0.2) is 8.42 Å². The van der Waals surface area contributed by atoms with E-state index in [1.165, 1.54) is 10.9 Å². The van der Waals surface area contributed by atoms with Crippen LogP contribution in [0.5, 0.6) is 0 Å². The fourth-order valence-corrected chi connectivity index (χ4v) is 2.06. The molecule has 0 saturated carbocycles. The summed E-state index contributed by atoms with van der Waals surface area (Å²) in [6.07, 6.45) is 1.27. The molecule has 0 amide bonds. The Bertz CT molecular complexity index is 453. The van der Waals surface area contributed by atoms with E-state index in [1.54, 1.807) is 20.0 Å². The topological polar surface area (TPSA) is 75.8 Å². The second-order valence-electron chi connectivity index (χ2n) is 2.64. The highest BCUT2D eigenvalue weighted by Gasteiger charge is 2.19. The quantitative estimate of drug-likeness (QED) is 0.673. The Hall–Kier alpha value is -1.35. The van der Waals surface area contributed by atoms with Crippen molar-refractivity contribution in [3.05, 3.63) is 11.9 Å². The van der Waals surface area contributed by atoms with Crippen molar-refractivity contribution in [3.63, 3.8) is 0 Å². The van der Waals surface area contributed by atoms with Crippen molar-refractivity contribution in [1.29, 1.82) is 5.26 Å². The number of aryl methyl sites for hydroxylation is 1. The van der Waals surface area contributed by atoms with E-state index in [-0.39, 0.29) is 4.90 Å². The Kier molecular flexibility index (Phi) is 2.38. The third kappa shape index (κ3) is 1.70. The number of hydrogen-bond donors (Lipinski definition) is 0. The largest absolute Gasteiger partial charge is 0.272 e. The molecule has 0 aromatic carbocycles. The van der Waals surface area contributed by atoms with Crippen molar-refractivity contribution < 1.29 is 8.42 Å². The highest BCUT2D eigenvalue weighted by Crippen LogP contribution is 2.14. The lowest BCUT2D eigenvalue weighted by molar-refractivity contribution is 0.598. The Morgan fingerprint density at radius 2 is 2.31 bits per heavy atom. The van der Waals surface area contributed by atoms with Gasteiger partial charge in [-0.05, 0) is 6.92 Å². The van der Waals surface area contributed by atoms with E-state index >= 15 is 0 Å². The summed E-state index contributed by atoms with van der Waals surface area (Å²) in [7, 11) is -1.81. The van der Waals surface area contributed by atoms with E-state index in [2.05, 4.69) is 5.10 Å². The van der Waals surface area contributed by atoms with E-state index in [0.29, 0.717) is 5.69 Å². The highest BCUT2D eigenvalue weighted by atomic mass is 32.2. The first-order valence-corrected chi connectivity index (χ1v) is 5.22. The molecule has 0 aliphatic rings. The standard InChI is InChI=1S/C7H9N3O2S/c1-6-7(5-9-10(6)2)13(11,12)4-3-8/h5H,4H2,1-2H3. The number of sulfone groups is 1. The number of rotatable bonds is 2. The van der Waals surface area contributed by atoms with E-state index in [9.17, 15) is 8.42 Å². The Balaban J connectivity index is 3.25. The molecule has 1 aromatic heterocycles. The summed E-state index contributed by atoms with van der Waals surface area (Å²) in [6.45, 7) is 1.65. The van der Waals surface area contributed by atoms with Crippen LogP contribution in [0.3, 0.4) is 0 Å².